The Balaban J connectivity index is 0.00000385. The Kier molecular flexibility index (Phi) is 10.4. The highest BCUT2D eigenvalue weighted by Crippen LogP contribution is 2.30. The van der Waals surface area contributed by atoms with E-state index in [0.29, 0.717) is 38.3 Å². The first kappa shape index (κ1) is 26.4. The molecule has 2 aromatic rings. The van der Waals surface area contributed by atoms with E-state index in [-0.39, 0.29) is 31.6 Å². The standard InChI is InChI=1S/C24H33N3O5.CH4/c1-3-32-26-23(29)8-6-4-5-7-9-24(30)27-13-12-19-20-14-18(31-16-17(2)28)10-11-21(20)25-22(19)15-27;/h10-11,14,25H,3-9,12-13,15-16H2,1-2H3,(H,26,29);1H4. The Hall–Kier alpha value is -2.87. The van der Waals surface area contributed by atoms with Crippen LogP contribution < -0.4 is 10.2 Å². The summed E-state index contributed by atoms with van der Waals surface area (Å²) in [4.78, 5) is 45.5. The number of nitrogens with one attached hydrogen (secondary N) is 2. The van der Waals surface area contributed by atoms with E-state index < -0.39 is 0 Å². The molecule has 0 atom stereocenters. The molecule has 2 N–H and O–H groups in total. The number of hydrogen-bond acceptors (Lipinski definition) is 5. The van der Waals surface area contributed by atoms with Crippen LogP contribution in [0, 0.1) is 0 Å². The molecule has 1 aromatic heterocycles. The number of hydrogen-bond donors (Lipinski definition) is 2. The summed E-state index contributed by atoms with van der Waals surface area (Å²) in [6.45, 7) is 5.15. The summed E-state index contributed by atoms with van der Waals surface area (Å²) in [5.41, 5.74) is 5.71. The highest BCUT2D eigenvalue weighted by molar-refractivity contribution is 5.87. The number of amides is 2. The van der Waals surface area contributed by atoms with Crippen molar-refractivity contribution in [3.8, 4) is 5.75 Å². The Morgan fingerprint density at radius 1 is 1.12 bits per heavy atom. The monoisotopic (exact) mass is 459 g/mol. The van der Waals surface area contributed by atoms with Crippen LogP contribution >= 0.6 is 0 Å². The Bertz CT molecular complexity index is 953. The number of fused-ring (bicyclic) bond motifs is 3. The van der Waals surface area contributed by atoms with Crippen LogP contribution in [0.15, 0.2) is 18.2 Å². The van der Waals surface area contributed by atoms with Crippen molar-refractivity contribution in [2.24, 2.45) is 0 Å². The summed E-state index contributed by atoms with van der Waals surface area (Å²) in [6.07, 6.45) is 5.27. The summed E-state index contributed by atoms with van der Waals surface area (Å²) < 4.78 is 5.54. The van der Waals surface area contributed by atoms with Crippen molar-refractivity contribution in [3.63, 3.8) is 0 Å². The molecule has 2 amide bonds. The maximum atomic E-state index is 12.7. The Morgan fingerprint density at radius 3 is 2.61 bits per heavy atom. The third kappa shape index (κ3) is 7.60. The second-order valence-corrected chi connectivity index (χ2v) is 8.22. The molecule has 8 heteroatoms. The largest absolute Gasteiger partial charge is 0.486 e. The number of carbonyl (C=O) groups excluding carboxylic acids is 3. The average Bonchev–Trinajstić information content (AvgIpc) is 3.15. The minimum absolute atomic E-state index is 0. The fourth-order valence-electron chi connectivity index (χ4n) is 3.98. The molecule has 0 fully saturated rings. The van der Waals surface area contributed by atoms with Gasteiger partial charge in [-0.05, 0) is 56.9 Å². The molecule has 0 saturated carbocycles. The molecule has 33 heavy (non-hydrogen) atoms. The topological polar surface area (TPSA) is 101 Å². The Morgan fingerprint density at radius 2 is 1.88 bits per heavy atom. The van der Waals surface area contributed by atoms with Gasteiger partial charge >= 0.3 is 0 Å². The predicted molar refractivity (Wildman–Crippen MR) is 128 cm³/mol. The van der Waals surface area contributed by atoms with Gasteiger partial charge in [0.2, 0.25) is 11.8 Å². The number of benzene rings is 1. The molecular weight excluding hydrogens is 422 g/mol. The molecule has 0 saturated heterocycles. The average molecular weight is 460 g/mol. The van der Waals surface area contributed by atoms with Crippen molar-refractivity contribution in [1.29, 1.82) is 0 Å². The van der Waals surface area contributed by atoms with E-state index in [9.17, 15) is 14.4 Å². The number of ether oxygens (including phenoxy) is 1. The van der Waals surface area contributed by atoms with Crippen LogP contribution in [0.2, 0.25) is 0 Å². The number of unbranched alkanes of at least 4 members (excludes halogenated alkanes) is 3. The first-order valence-corrected chi connectivity index (χ1v) is 11.4. The molecule has 0 radical (unpaired) electrons. The highest BCUT2D eigenvalue weighted by Gasteiger charge is 2.23. The summed E-state index contributed by atoms with van der Waals surface area (Å²) in [6, 6.07) is 5.79. The number of hydroxylamine groups is 1. The van der Waals surface area contributed by atoms with Crippen molar-refractivity contribution < 1.29 is 24.0 Å². The number of Topliss-reactive ketones (excluding diaryl/α,β-unsaturated/α-hetero) is 1. The third-order valence-electron chi connectivity index (χ3n) is 5.62. The van der Waals surface area contributed by atoms with E-state index in [1.807, 2.05) is 30.0 Å². The van der Waals surface area contributed by atoms with E-state index in [2.05, 4.69) is 10.5 Å². The number of ketones is 1. The number of rotatable bonds is 12. The molecule has 1 aromatic carbocycles. The number of aromatic nitrogens is 1. The zero-order chi connectivity index (χ0) is 22.9. The fourth-order valence-corrected chi connectivity index (χ4v) is 3.98. The van der Waals surface area contributed by atoms with Gasteiger partial charge in [0, 0.05) is 36.0 Å². The van der Waals surface area contributed by atoms with Gasteiger partial charge in [0.25, 0.3) is 0 Å². The second-order valence-electron chi connectivity index (χ2n) is 8.22. The number of carbonyl (C=O) groups is 3. The lowest BCUT2D eigenvalue weighted by molar-refractivity contribution is -0.133. The van der Waals surface area contributed by atoms with Crippen molar-refractivity contribution >= 4 is 28.5 Å². The summed E-state index contributed by atoms with van der Waals surface area (Å²) >= 11 is 0. The van der Waals surface area contributed by atoms with Crippen LogP contribution in [0.5, 0.6) is 5.75 Å². The number of nitrogens with zero attached hydrogens (tertiary/aromatic N) is 1. The van der Waals surface area contributed by atoms with Crippen LogP contribution in [-0.2, 0) is 32.2 Å². The van der Waals surface area contributed by atoms with Crippen LogP contribution in [0.3, 0.4) is 0 Å². The molecule has 182 valence electrons. The Labute approximate surface area is 196 Å². The normalized spacial score (nSPS) is 12.7. The van der Waals surface area contributed by atoms with Gasteiger partial charge in [-0.1, -0.05) is 20.3 Å². The van der Waals surface area contributed by atoms with Gasteiger partial charge in [-0.3, -0.25) is 19.2 Å². The molecule has 1 aliphatic rings. The second kappa shape index (κ2) is 13.0. The lowest BCUT2D eigenvalue weighted by Crippen LogP contribution is -2.35. The molecule has 0 aliphatic carbocycles. The van der Waals surface area contributed by atoms with Crippen molar-refractivity contribution in [3.05, 3.63) is 29.5 Å². The maximum Gasteiger partial charge on any atom is 0.243 e. The van der Waals surface area contributed by atoms with Crippen molar-refractivity contribution in [2.45, 2.75) is 72.8 Å². The van der Waals surface area contributed by atoms with Crippen LogP contribution in [0.4, 0.5) is 0 Å². The highest BCUT2D eigenvalue weighted by atomic mass is 16.6. The molecule has 3 rings (SSSR count). The summed E-state index contributed by atoms with van der Waals surface area (Å²) in [5, 5.41) is 1.10. The van der Waals surface area contributed by atoms with E-state index >= 15 is 0 Å². The smallest absolute Gasteiger partial charge is 0.243 e. The molecule has 8 nitrogen and oxygen atoms in total. The van der Waals surface area contributed by atoms with E-state index in [1.165, 1.54) is 12.5 Å². The molecule has 0 spiro atoms. The summed E-state index contributed by atoms with van der Waals surface area (Å²) in [5.74, 6) is 0.752. The fraction of sp³-hybridized carbons (Fsp3) is 0.560. The predicted octanol–water partition coefficient (Wildman–Crippen LogP) is 4.06. The minimum atomic E-state index is -0.0945. The van der Waals surface area contributed by atoms with Crippen molar-refractivity contribution in [2.75, 3.05) is 19.8 Å². The molecule has 2 heterocycles. The summed E-state index contributed by atoms with van der Waals surface area (Å²) in [7, 11) is 0. The van der Waals surface area contributed by atoms with Gasteiger partial charge in [-0.25, -0.2) is 5.48 Å². The molecular formula is C25H37N3O5. The minimum Gasteiger partial charge on any atom is -0.486 e. The molecule has 1 aliphatic heterocycles. The van der Waals surface area contributed by atoms with E-state index in [1.54, 1.807) is 0 Å². The van der Waals surface area contributed by atoms with Gasteiger partial charge in [-0.2, -0.15) is 0 Å². The van der Waals surface area contributed by atoms with Gasteiger partial charge < -0.3 is 14.6 Å². The van der Waals surface area contributed by atoms with Crippen LogP contribution in [-0.4, -0.2) is 47.2 Å². The van der Waals surface area contributed by atoms with Gasteiger partial charge in [0.15, 0.2) is 5.78 Å². The van der Waals surface area contributed by atoms with E-state index in [0.717, 1.165) is 48.7 Å². The lowest BCUT2D eigenvalue weighted by atomic mass is 10.0. The van der Waals surface area contributed by atoms with Crippen LogP contribution in [0.1, 0.15) is 71.1 Å². The SMILES string of the molecule is C.CCONC(=O)CCCCCCC(=O)N1CCc2c([nH]c3ccc(OCC(C)=O)cc23)C1. The number of H-pyrrole nitrogens is 1. The van der Waals surface area contributed by atoms with Gasteiger partial charge in [-0.15, -0.1) is 0 Å². The van der Waals surface area contributed by atoms with Crippen LogP contribution in [0.25, 0.3) is 10.9 Å². The quantitative estimate of drug-likeness (QED) is 0.368. The lowest BCUT2D eigenvalue weighted by Gasteiger charge is -2.27. The van der Waals surface area contributed by atoms with Gasteiger partial charge in [0.1, 0.15) is 12.4 Å². The molecule has 0 bridgehead atoms. The first-order valence-electron chi connectivity index (χ1n) is 11.4. The maximum absolute atomic E-state index is 12.7. The zero-order valence-corrected chi connectivity index (χ0v) is 19.0. The zero-order valence-electron chi connectivity index (χ0n) is 19.0. The first-order chi connectivity index (χ1) is 15.5. The third-order valence-corrected chi connectivity index (χ3v) is 5.62. The van der Waals surface area contributed by atoms with E-state index in [4.69, 9.17) is 9.57 Å². The van der Waals surface area contributed by atoms with Crippen molar-refractivity contribution in [1.82, 2.24) is 15.4 Å². The van der Waals surface area contributed by atoms with Gasteiger partial charge in [0.05, 0.1) is 13.2 Å². The molecule has 0 unspecified atom stereocenters. The number of aromatic amines is 1.